The van der Waals surface area contributed by atoms with Gasteiger partial charge in [-0.1, -0.05) is 49.7 Å². The first-order valence-corrected chi connectivity index (χ1v) is 6.50. The second-order valence-corrected chi connectivity index (χ2v) is 4.43. The molecule has 0 atom stereocenters. The second kappa shape index (κ2) is 6.61. The molecule has 2 heteroatoms. The molecular weight excluding hydrogens is 234 g/mol. The maximum Gasteiger partial charge on any atom is 0.187 e. The van der Waals surface area contributed by atoms with Crippen LogP contribution in [0.15, 0.2) is 48.5 Å². The van der Waals surface area contributed by atoms with Gasteiger partial charge in [-0.2, -0.15) is 0 Å². The summed E-state index contributed by atoms with van der Waals surface area (Å²) in [6.07, 6.45) is 1.98. The normalized spacial score (nSPS) is 9.89. The topological polar surface area (TPSA) is 13.6 Å². The average molecular weight is 251 g/mol. The van der Waals surface area contributed by atoms with Crippen LogP contribution in [0.3, 0.4) is 0 Å². The molecule has 2 rings (SSSR count). The summed E-state index contributed by atoms with van der Waals surface area (Å²) < 4.78 is 5.87. The van der Waals surface area contributed by atoms with Gasteiger partial charge in [0.05, 0.1) is 6.57 Å². The molecule has 0 aliphatic heterocycles. The lowest BCUT2D eigenvalue weighted by molar-refractivity contribution is 0.303. The van der Waals surface area contributed by atoms with E-state index in [-0.39, 0.29) is 0 Å². The van der Waals surface area contributed by atoms with Crippen molar-refractivity contribution in [3.8, 4) is 5.75 Å². The van der Waals surface area contributed by atoms with Crippen molar-refractivity contribution in [2.75, 3.05) is 0 Å². The first-order valence-electron chi connectivity index (χ1n) is 6.50. The molecule has 0 spiro atoms. The van der Waals surface area contributed by atoms with Crippen LogP contribution in [0.1, 0.15) is 24.5 Å². The van der Waals surface area contributed by atoms with Crippen LogP contribution in [0.2, 0.25) is 0 Å². The fraction of sp³-hybridized carbons (Fsp3) is 0.235. The van der Waals surface area contributed by atoms with Crippen molar-refractivity contribution in [2.45, 2.75) is 26.4 Å². The van der Waals surface area contributed by atoms with Crippen molar-refractivity contribution < 1.29 is 4.74 Å². The summed E-state index contributed by atoms with van der Waals surface area (Å²) in [5, 5.41) is 0. The molecule has 0 saturated carbocycles. The summed E-state index contributed by atoms with van der Waals surface area (Å²) in [6, 6.07) is 15.8. The third-order valence-corrected chi connectivity index (χ3v) is 2.93. The molecule has 2 aromatic carbocycles. The van der Waals surface area contributed by atoms with E-state index < -0.39 is 0 Å². The number of benzene rings is 2. The highest BCUT2D eigenvalue weighted by Crippen LogP contribution is 2.26. The minimum atomic E-state index is 0.564. The van der Waals surface area contributed by atoms with Gasteiger partial charge in [-0.25, -0.2) is 4.85 Å². The summed E-state index contributed by atoms with van der Waals surface area (Å²) in [5.41, 5.74) is 2.95. The van der Waals surface area contributed by atoms with Gasteiger partial charge >= 0.3 is 0 Å². The van der Waals surface area contributed by atoms with Gasteiger partial charge in [0.2, 0.25) is 0 Å². The molecule has 2 nitrogen and oxygen atoms in total. The lowest BCUT2D eigenvalue weighted by atomic mass is 10.1. The molecule has 0 unspecified atom stereocenters. The Bertz CT molecular complexity index is 570. The third kappa shape index (κ3) is 3.59. The number of ether oxygens (including phenoxy) is 1. The van der Waals surface area contributed by atoms with E-state index in [0.29, 0.717) is 12.3 Å². The van der Waals surface area contributed by atoms with Crippen molar-refractivity contribution in [3.63, 3.8) is 0 Å². The third-order valence-electron chi connectivity index (χ3n) is 2.93. The minimum absolute atomic E-state index is 0.564. The van der Waals surface area contributed by atoms with E-state index in [1.807, 2.05) is 48.5 Å². The summed E-state index contributed by atoms with van der Waals surface area (Å²) in [5.74, 6) is 0.887. The Labute approximate surface area is 114 Å². The standard InChI is InChI=1S/C17H17NO/c1-3-7-15-12-16(18-2)10-11-17(15)19-13-14-8-5-4-6-9-14/h4-6,8-12H,3,7,13H2,1H3. The maximum atomic E-state index is 7.06. The molecule has 0 aliphatic rings. The van der Waals surface area contributed by atoms with Crippen molar-refractivity contribution in [1.29, 1.82) is 0 Å². The SMILES string of the molecule is [C-]#[N+]c1ccc(OCc2ccccc2)c(CCC)c1. The van der Waals surface area contributed by atoms with Crippen LogP contribution in [-0.4, -0.2) is 0 Å². The van der Waals surface area contributed by atoms with Crippen LogP contribution < -0.4 is 4.74 Å². The van der Waals surface area contributed by atoms with Crippen molar-refractivity contribution in [2.24, 2.45) is 0 Å². The molecule has 0 amide bonds. The number of rotatable bonds is 5. The number of hydrogen-bond donors (Lipinski definition) is 0. The fourth-order valence-electron chi connectivity index (χ4n) is 1.98. The fourth-order valence-corrected chi connectivity index (χ4v) is 1.98. The summed E-state index contributed by atoms with van der Waals surface area (Å²) in [6.45, 7) is 9.76. The predicted molar refractivity (Wildman–Crippen MR) is 77.5 cm³/mol. The van der Waals surface area contributed by atoms with Crippen LogP contribution in [-0.2, 0) is 13.0 Å². The van der Waals surface area contributed by atoms with Crippen molar-refractivity contribution in [3.05, 3.63) is 71.1 Å². The summed E-state index contributed by atoms with van der Waals surface area (Å²) >= 11 is 0. The van der Waals surface area contributed by atoms with Crippen molar-refractivity contribution in [1.82, 2.24) is 0 Å². The van der Waals surface area contributed by atoms with Gasteiger partial charge < -0.3 is 4.74 Å². The molecule has 0 saturated heterocycles. The number of aryl methyl sites for hydroxylation is 1. The first kappa shape index (κ1) is 13.2. The highest BCUT2D eigenvalue weighted by atomic mass is 16.5. The van der Waals surface area contributed by atoms with Crippen LogP contribution >= 0.6 is 0 Å². The molecule has 0 N–H and O–H groups in total. The number of hydrogen-bond acceptors (Lipinski definition) is 1. The maximum absolute atomic E-state index is 7.06. The Hall–Kier alpha value is -2.27. The van der Waals surface area contributed by atoms with Gasteiger partial charge in [-0.3, -0.25) is 0 Å². The molecule has 0 bridgehead atoms. The van der Waals surface area contributed by atoms with Gasteiger partial charge in [0.15, 0.2) is 5.69 Å². The Kier molecular flexibility index (Phi) is 4.58. The van der Waals surface area contributed by atoms with Gasteiger partial charge in [0, 0.05) is 0 Å². The van der Waals surface area contributed by atoms with E-state index in [1.54, 1.807) is 0 Å². The van der Waals surface area contributed by atoms with E-state index in [9.17, 15) is 0 Å². The van der Waals surface area contributed by atoms with E-state index in [0.717, 1.165) is 29.7 Å². The quantitative estimate of drug-likeness (QED) is 0.698. The van der Waals surface area contributed by atoms with E-state index >= 15 is 0 Å². The highest BCUT2D eigenvalue weighted by molar-refractivity contribution is 5.52. The lowest BCUT2D eigenvalue weighted by Gasteiger charge is -2.11. The molecule has 0 aliphatic carbocycles. The van der Waals surface area contributed by atoms with Gasteiger partial charge in [0.1, 0.15) is 12.4 Å². The Morgan fingerprint density at radius 3 is 2.58 bits per heavy atom. The first-order chi connectivity index (χ1) is 9.33. The molecule has 2 aromatic rings. The zero-order valence-electron chi connectivity index (χ0n) is 11.1. The summed E-state index contributed by atoms with van der Waals surface area (Å²) in [4.78, 5) is 3.47. The zero-order chi connectivity index (χ0) is 13.5. The van der Waals surface area contributed by atoms with E-state index in [2.05, 4.69) is 11.8 Å². The monoisotopic (exact) mass is 251 g/mol. The van der Waals surface area contributed by atoms with Gasteiger partial charge in [0.25, 0.3) is 0 Å². The molecule has 0 radical (unpaired) electrons. The molecule has 96 valence electrons. The Morgan fingerprint density at radius 2 is 1.89 bits per heavy atom. The molecule has 0 aromatic heterocycles. The molecule has 0 fully saturated rings. The molecular formula is C17H17NO. The summed E-state index contributed by atoms with van der Waals surface area (Å²) in [7, 11) is 0. The van der Waals surface area contributed by atoms with Crippen LogP contribution in [0.25, 0.3) is 4.85 Å². The zero-order valence-corrected chi connectivity index (χ0v) is 11.1. The highest BCUT2D eigenvalue weighted by Gasteiger charge is 2.05. The largest absolute Gasteiger partial charge is 0.489 e. The van der Waals surface area contributed by atoms with Crippen LogP contribution in [0.4, 0.5) is 5.69 Å². The Balaban J connectivity index is 2.13. The smallest absolute Gasteiger partial charge is 0.187 e. The van der Waals surface area contributed by atoms with Crippen LogP contribution in [0, 0.1) is 6.57 Å². The van der Waals surface area contributed by atoms with Gasteiger partial charge in [-0.15, -0.1) is 0 Å². The predicted octanol–water partition coefficient (Wildman–Crippen LogP) is 4.77. The second-order valence-electron chi connectivity index (χ2n) is 4.43. The minimum Gasteiger partial charge on any atom is -0.489 e. The van der Waals surface area contributed by atoms with E-state index in [1.165, 1.54) is 0 Å². The van der Waals surface area contributed by atoms with Crippen molar-refractivity contribution >= 4 is 5.69 Å². The average Bonchev–Trinajstić information content (AvgIpc) is 2.47. The number of nitrogens with zero attached hydrogens (tertiary/aromatic N) is 1. The van der Waals surface area contributed by atoms with E-state index in [4.69, 9.17) is 11.3 Å². The van der Waals surface area contributed by atoms with Crippen LogP contribution in [0.5, 0.6) is 5.75 Å². The van der Waals surface area contributed by atoms with Gasteiger partial charge in [-0.05, 0) is 29.7 Å². The molecule has 0 heterocycles. The Morgan fingerprint density at radius 1 is 1.11 bits per heavy atom. The molecule has 19 heavy (non-hydrogen) atoms. The lowest BCUT2D eigenvalue weighted by Crippen LogP contribution is -1.98.